The molecule has 1 aliphatic carbocycles. The lowest BCUT2D eigenvalue weighted by molar-refractivity contribution is -0.132. The highest BCUT2D eigenvalue weighted by atomic mass is 16.5. The lowest BCUT2D eigenvalue weighted by Crippen LogP contribution is -2.53. The van der Waals surface area contributed by atoms with E-state index in [4.69, 9.17) is 4.74 Å². The lowest BCUT2D eigenvalue weighted by atomic mass is 9.88. The quantitative estimate of drug-likeness (QED) is 0.797. The molecular formula is C15H26N2O3. The molecule has 2 atom stereocenters. The van der Waals surface area contributed by atoms with Crippen LogP contribution in [-0.4, -0.2) is 38.1 Å². The van der Waals surface area contributed by atoms with Crippen LogP contribution in [0.3, 0.4) is 0 Å². The number of nitrogens with one attached hydrogen (secondary N) is 2. The van der Waals surface area contributed by atoms with Crippen molar-refractivity contribution in [3.05, 3.63) is 0 Å². The molecule has 2 aliphatic rings. The number of carbonyl (C=O) groups is 2. The summed E-state index contributed by atoms with van der Waals surface area (Å²) in [6.07, 6.45) is 7.40. The van der Waals surface area contributed by atoms with Gasteiger partial charge in [-0.25, -0.2) is 0 Å². The van der Waals surface area contributed by atoms with Gasteiger partial charge in [-0.05, 0) is 25.2 Å². The molecule has 0 aromatic heterocycles. The lowest BCUT2D eigenvalue weighted by Gasteiger charge is -2.31. The molecule has 1 aliphatic heterocycles. The van der Waals surface area contributed by atoms with E-state index >= 15 is 0 Å². The Labute approximate surface area is 120 Å². The van der Waals surface area contributed by atoms with Gasteiger partial charge in [0, 0.05) is 20.1 Å². The van der Waals surface area contributed by atoms with Gasteiger partial charge in [0.25, 0.3) is 0 Å². The third-order valence-corrected chi connectivity index (χ3v) is 4.49. The first-order valence-corrected chi connectivity index (χ1v) is 7.76. The monoisotopic (exact) mass is 282 g/mol. The molecule has 5 nitrogen and oxygen atoms in total. The van der Waals surface area contributed by atoms with Crippen LogP contribution in [0.15, 0.2) is 0 Å². The van der Waals surface area contributed by atoms with Crippen molar-refractivity contribution in [2.45, 2.75) is 51.0 Å². The number of hydrogen-bond donors (Lipinski definition) is 2. The summed E-state index contributed by atoms with van der Waals surface area (Å²) in [7, 11) is 1.59. The average Bonchev–Trinajstić information content (AvgIpc) is 2.46. The van der Waals surface area contributed by atoms with Crippen LogP contribution in [0.25, 0.3) is 0 Å². The molecule has 2 rings (SSSR count). The Morgan fingerprint density at radius 1 is 1.30 bits per heavy atom. The van der Waals surface area contributed by atoms with Crippen LogP contribution in [0, 0.1) is 11.8 Å². The summed E-state index contributed by atoms with van der Waals surface area (Å²) < 4.78 is 5.11. The smallest absolute Gasteiger partial charge is 0.225 e. The summed E-state index contributed by atoms with van der Waals surface area (Å²) in [6, 6.07) is -0.187. The molecule has 0 unspecified atom stereocenters. The SMILES string of the molecule is COC[C@H]1NC(=O)CC[C@H]1C(=O)NCC1CCCCC1. The largest absolute Gasteiger partial charge is 0.383 e. The zero-order valence-electron chi connectivity index (χ0n) is 12.3. The van der Waals surface area contributed by atoms with E-state index in [0.717, 1.165) is 6.54 Å². The molecule has 2 N–H and O–H groups in total. The van der Waals surface area contributed by atoms with Gasteiger partial charge >= 0.3 is 0 Å². The van der Waals surface area contributed by atoms with Gasteiger partial charge in [0.1, 0.15) is 0 Å². The molecule has 0 radical (unpaired) electrons. The predicted molar refractivity (Wildman–Crippen MR) is 76.1 cm³/mol. The highest BCUT2D eigenvalue weighted by Crippen LogP contribution is 2.23. The van der Waals surface area contributed by atoms with E-state index in [-0.39, 0.29) is 23.8 Å². The van der Waals surface area contributed by atoms with E-state index < -0.39 is 0 Å². The molecule has 1 saturated heterocycles. The van der Waals surface area contributed by atoms with Crippen LogP contribution < -0.4 is 10.6 Å². The van der Waals surface area contributed by atoms with Gasteiger partial charge in [0.05, 0.1) is 18.6 Å². The predicted octanol–water partition coefficient (Wildman–Crippen LogP) is 1.22. The number of amides is 2. The van der Waals surface area contributed by atoms with Crippen molar-refractivity contribution in [1.29, 1.82) is 0 Å². The topological polar surface area (TPSA) is 67.4 Å². The zero-order chi connectivity index (χ0) is 14.4. The van der Waals surface area contributed by atoms with Crippen molar-refractivity contribution < 1.29 is 14.3 Å². The summed E-state index contributed by atoms with van der Waals surface area (Å²) in [6.45, 7) is 1.18. The minimum Gasteiger partial charge on any atom is -0.383 e. The van der Waals surface area contributed by atoms with Crippen LogP contribution in [0.1, 0.15) is 44.9 Å². The van der Waals surface area contributed by atoms with Crippen molar-refractivity contribution in [2.24, 2.45) is 11.8 Å². The molecule has 2 amide bonds. The second-order valence-electron chi connectivity index (χ2n) is 6.02. The highest BCUT2D eigenvalue weighted by molar-refractivity contribution is 5.84. The first-order valence-electron chi connectivity index (χ1n) is 7.76. The molecule has 2 fully saturated rings. The Balaban J connectivity index is 1.81. The van der Waals surface area contributed by atoms with Crippen LogP contribution in [-0.2, 0) is 14.3 Å². The molecule has 114 valence electrons. The molecular weight excluding hydrogens is 256 g/mol. The first kappa shape index (κ1) is 15.3. The second-order valence-corrected chi connectivity index (χ2v) is 6.02. The number of hydrogen-bond acceptors (Lipinski definition) is 3. The van der Waals surface area contributed by atoms with Crippen molar-refractivity contribution in [1.82, 2.24) is 10.6 Å². The summed E-state index contributed by atoms with van der Waals surface area (Å²) in [4.78, 5) is 23.7. The number of methoxy groups -OCH3 is 1. The molecule has 0 bridgehead atoms. The van der Waals surface area contributed by atoms with E-state index in [1.54, 1.807) is 7.11 Å². The fraction of sp³-hybridized carbons (Fsp3) is 0.867. The Bertz CT molecular complexity index is 340. The van der Waals surface area contributed by atoms with E-state index in [9.17, 15) is 9.59 Å². The number of carbonyl (C=O) groups excluding carboxylic acids is 2. The fourth-order valence-electron chi connectivity index (χ4n) is 3.29. The van der Waals surface area contributed by atoms with Gasteiger partial charge in [0.2, 0.25) is 11.8 Å². The maximum absolute atomic E-state index is 12.3. The van der Waals surface area contributed by atoms with E-state index in [1.807, 2.05) is 0 Å². The second kappa shape index (κ2) is 7.62. The molecule has 0 aromatic rings. The minimum absolute atomic E-state index is 0.0170. The van der Waals surface area contributed by atoms with Crippen LogP contribution >= 0.6 is 0 Å². The first-order chi connectivity index (χ1) is 9.70. The summed E-state index contributed by atoms with van der Waals surface area (Å²) in [5.41, 5.74) is 0. The van der Waals surface area contributed by atoms with Gasteiger partial charge in [-0.2, -0.15) is 0 Å². The maximum Gasteiger partial charge on any atom is 0.225 e. The van der Waals surface area contributed by atoms with E-state index in [1.165, 1.54) is 32.1 Å². The Morgan fingerprint density at radius 3 is 2.75 bits per heavy atom. The van der Waals surface area contributed by atoms with Gasteiger partial charge < -0.3 is 15.4 Å². The number of ether oxygens (including phenoxy) is 1. The summed E-state index contributed by atoms with van der Waals surface area (Å²) >= 11 is 0. The standard InChI is InChI=1S/C15H26N2O3/c1-20-10-13-12(7-8-14(18)17-13)15(19)16-9-11-5-3-2-4-6-11/h11-13H,2-10H2,1H3,(H,16,19)(H,17,18)/t12-,13-/m1/s1. The Kier molecular flexibility index (Phi) is 5.83. The summed E-state index contributed by atoms with van der Waals surface area (Å²) in [5, 5.41) is 5.94. The summed E-state index contributed by atoms with van der Waals surface area (Å²) in [5.74, 6) is 0.559. The molecule has 0 spiro atoms. The van der Waals surface area contributed by atoms with E-state index in [2.05, 4.69) is 10.6 Å². The van der Waals surface area contributed by atoms with Crippen LogP contribution in [0.4, 0.5) is 0 Å². The van der Waals surface area contributed by atoms with Crippen molar-refractivity contribution in [3.63, 3.8) is 0 Å². The molecule has 1 heterocycles. The maximum atomic E-state index is 12.3. The fourth-order valence-corrected chi connectivity index (χ4v) is 3.29. The molecule has 1 saturated carbocycles. The van der Waals surface area contributed by atoms with Crippen LogP contribution in [0.2, 0.25) is 0 Å². The number of rotatable bonds is 5. The van der Waals surface area contributed by atoms with Gasteiger partial charge in [-0.15, -0.1) is 0 Å². The minimum atomic E-state index is -0.187. The molecule has 5 heteroatoms. The Hall–Kier alpha value is -1.10. The van der Waals surface area contributed by atoms with Gasteiger partial charge in [-0.1, -0.05) is 19.3 Å². The van der Waals surface area contributed by atoms with Crippen LogP contribution in [0.5, 0.6) is 0 Å². The van der Waals surface area contributed by atoms with E-state index in [0.29, 0.717) is 25.4 Å². The zero-order valence-corrected chi connectivity index (χ0v) is 12.3. The van der Waals surface area contributed by atoms with Gasteiger partial charge in [0.15, 0.2) is 0 Å². The molecule has 0 aromatic carbocycles. The average molecular weight is 282 g/mol. The number of piperidine rings is 1. The Morgan fingerprint density at radius 2 is 2.05 bits per heavy atom. The third kappa shape index (κ3) is 4.20. The normalized spacial score (nSPS) is 27.9. The van der Waals surface area contributed by atoms with Gasteiger partial charge in [-0.3, -0.25) is 9.59 Å². The van der Waals surface area contributed by atoms with Crippen molar-refractivity contribution >= 4 is 11.8 Å². The third-order valence-electron chi connectivity index (χ3n) is 4.49. The van der Waals surface area contributed by atoms with Crippen molar-refractivity contribution in [3.8, 4) is 0 Å². The van der Waals surface area contributed by atoms with Crippen molar-refractivity contribution in [2.75, 3.05) is 20.3 Å². The highest BCUT2D eigenvalue weighted by Gasteiger charge is 2.33. The molecule has 20 heavy (non-hydrogen) atoms.